The van der Waals surface area contributed by atoms with E-state index < -0.39 is 0 Å². The van der Waals surface area contributed by atoms with Gasteiger partial charge in [0.05, 0.1) is 5.69 Å². The highest BCUT2D eigenvalue weighted by molar-refractivity contribution is 6.29. The Hall–Kier alpha value is -1.81. The van der Waals surface area contributed by atoms with Gasteiger partial charge in [-0.1, -0.05) is 11.6 Å². The third-order valence-electron chi connectivity index (χ3n) is 2.40. The third kappa shape index (κ3) is 2.85. The number of hydrogen-bond donors (Lipinski definition) is 1. The smallest absolute Gasteiger partial charge is 0.153 e. The van der Waals surface area contributed by atoms with Crippen molar-refractivity contribution in [3.05, 3.63) is 47.4 Å². The molecule has 2 N–H and O–H groups in total. The Labute approximate surface area is 105 Å². The number of hydrogen-bond acceptors (Lipinski definition) is 4. The van der Waals surface area contributed by atoms with Crippen molar-refractivity contribution in [3.8, 4) is 0 Å². The fourth-order valence-corrected chi connectivity index (χ4v) is 1.72. The third-order valence-corrected chi connectivity index (χ3v) is 2.61. The first kappa shape index (κ1) is 11.7. The monoisotopic (exact) mass is 248 g/mol. The molecule has 2 aromatic heterocycles. The molecule has 2 heterocycles. The van der Waals surface area contributed by atoms with Crippen molar-refractivity contribution in [3.63, 3.8) is 0 Å². The van der Waals surface area contributed by atoms with Crippen molar-refractivity contribution in [2.24, 2.45) is 0 Å². The lowest BCUT2D eigenvalue weighted by Gasteiger charge is -2.19. The second-order valence-electron chi connectivity index (χ2n) is 3.76. The van der Waals surface area contributed by atoms with Gasteiger partial charge in [-0.15, -0.1) is 0 Å². The summed E-state index contributed by atoms with van der Waals surface area (Å²) in [5.74, 6) is 0.689. The molecule has 88 valence electrons. The molecular formula is C12H13ClN4. The van der Waals surface area contributed by atoms with Crippen molar-refractivity contribution in [2.75, 3.05) is 17.7 Å². The molecule has 2 aromatic rings. The predicted octanol–water partition coefficient (Wildman–Crippen LogP) is 2.35. The van der Waals surface area contributed by atoms with Gasteiger partial charge >= 0.3 is 0 Å². The van der Waals surface area contributed by atoms with E-state index >= 15 is 0 Å². The van der Waals surface area contributed by atoms with Crippen LogP contribution in [0.15, 0.2) is 36.7 Å². The average molecular weight is 249 g/mol. The lowest BCUT2D eigenvalue weighted by atomic mass is 10.2. The summed E-state index contributed by atoms with van der Waals surface area (Å²) in [5, 5.41) is 0.441. The number of nitrogens with zero attached hydrogens (tertiary/aromatic N) is 3. The summed E-state index contributed by atoms with van der Waals surface area (Å²) < 4.78 is 0. The van der Waals surface area contributed by atoms with Gasteiger partial charge in [0.2, 0.25) is 0 Å². The Morgan fingerprint density at radius 1 is 1.24 bits per heavy atom. The molecule has 0 aliphatic heterocycles. The van der Waals surface area contributed by atoms with Gasteiger partial charge in [-0.05, 0) is 29.8 Å². The maximum atomic E-state index is 5.87. The van der Waals surface area contributed by atoms with Gasteiger partial charge < -0.3 is 10.6 Å². The molecule has 0 aliphatic rings. The molecule has 0 bridgehead atoms. The maximum Gasteiger partial charge on any atom is 0.153 e. The molecule has 0 aliphatic carbocycles. The summed E-state index contributed by atoms with van der Waals surface area (Å²) in [6.07, 6.45) is 3.52. The Balaban J connectivity index is 2.20. The van der Waals surface area contributed by atoms with Crippen LogP contribution in [0, 0.1) is 0 Å². The van der Waals surface area contributed by atoms with Gasteiger partial charge in [-0.3, -0.25) is 4.98 Å². The molecule has 0 radical (unpaired) electrons. The van der Waals surface area contributed by atoms with Crippen LogP contribution in [0.25, 0.3) is 0 Å². The van der Waals surface area contributed by atoms with Crippen molar-refractivity contribution in [2.45, 2.75) is 6.54 Å². The fourth-order valence-electron chi connectivity index (χ4n) is 1.58. The summed E-state index contributed by atoms with van der Waals surface area (Å²) >= 11 is 5.86. The zero-order chi connectivity index (χ0) is 12.3. The van der Waals surface area contributed by atoms with Gasteiger partial charge in [0, 0.05) is 26.0 Å². The van der Waals surface area contributed by atoms with E-state index in [1.807, 2.05) is 24.1 Å². The molecule has 0 unspecified atom stereocenters. The minimum atomic E-state index is 0.441. The Morgan fingerprint density at radius 2 is 1.94 bits per heavy atom. The molecule has 0 atom stereocenters. The van der Waals surface area contributed by atoms with E-state index in [-0.39, 0.29) is 0 Å². The van der Waals surface area contributed by atoms with E-state index in [0.29, 0.717) is 23.2 Å². The zero-order valence-electron chi connectivity index (χ0n) is 9.47. The largest absolute Gasteiger partial charge is 0.396 e. The summed E-state index contributed by atoms with van der Waals surface area (Å²) in [4.78, 5) is 10.2. The van der Waals surface area contributed by atoms with Crippen LogP contribution in [0.4, 0.5) is 11.5 Å². The van der Waals surface area contributed by atoms with Crippen LogP contribution in [0.1, 0.15) is 5.56 Å². The van der Waals surface area contributed by atoms with Crippen molar-refractivity contribution in [1.82, 2.24) is 9.97 Å². The van der Waals surface area contributed by atoms with E-state index in [1.54, 1.807) is 24.5 Å². The quantitative estimate of drug-likeness (QED) is 0.848. The van der Waals surface area contributed by atoms with E-state index in [0.717, 1.165) is 5.56 Å². The predicted molar refractivity (Wildman–Crippen MR) is 70.0 cm³/mol. The SMILES string of the molecule is CN(Cc1ccncc1)c1nc(Cl)ccc1N. The van der Waals surface area contributed by atoms with E-state index in [2.05, 4.69) is 9.97 Å². The number of nitrogens with two attached hydrogens (primary N) is 1. The molecule has 0 spiro atoms. The summed E-state index contributed by atoms with van der Waals surface area (Å²) in [6, 6.07) is 7.35. The van der Waals surface area contributed by atoms with E-state index in [9.17, 15) is 0 Å². The number of halogens is 1. The molecule has 4 nitrogen and oxygen atoms in total. The van der Waals surface area contributed by atoms with Gasteiger partial charge in [0.1, 0.15) is 5.15 Å². The number of pyridine rings is 2. The minimum Gasteiger partial charge on any atom is -0.396 e. The number of aromatic nitrogens is 2. The van der Waals surface area contributed by atoms with Gasteiger partial charge in [0.15, 0.2) is 5.82 Å². The highest BCUT2D eigenvalue weighted by atomic mass is 35.5. The summed E-state index contributed by atoms with van der Waals surface area (Å²) in [7, 11) is 1.93. The van der Waals surface area contributed by atoms with Crippen molar-refractivity contribution < 1.29 is 0 Å². The van der Waals surface area contributed by atoms with Crippen LogP contribution in [0.2, 0.25) is 5.15 Å². The second-order valence-corrected chi connectivity index (χ2v) is 4.15. The van der Waals surface area contributed by atoms with Crippen LogP contribution in [0.3, 0.4) is 0 Å². The molecule has 5 heteroatoms. The molecule has 0 amide bonds. The Kier molecular flexibility index (Phi) is 3.44. The van der Waals surface area contributed by atoms with Crippen molar-refractivity contribution in [1.29, 1.82) is 0 Å². The molecule has 0 saturated carbocycles. The first-order valence-corrected chi connectivity index (χ1v) is 5.56. The van der Waals surface area contributed by atoms with Crippen LogP contribution in [-0.2, 0) is 6.54 Å². The van der Waals surface area contributed by atoms with Gasteiger partial charge in [0.25, 0.3) is 0 Å². The zero-order valence-corrected chi connectivity index (χ0v) is 10.2. The highest BCUT2D eigenvalue weighted by Crippen LogP contribution is 2.22. The average Bonchev–Trinajstić information content (AvgIpc) is 2.33. The van der Waals surface area contributed by atoms with Crippen LogP contribution in [0.5, 0.6) is 0 Å². The Bertz CT molecular complexity index is 501. The normalized spacial score (nSPS) is 10.2. The van der Waals surface area contributed by atoms with Crippen LogP contribution in [-0.4, -0.2) is 17.0 Å². The van der Waals surface area contributed by atoms with Gasteiger partial charge in [-0.2, -0.15) is 0 Å². The topological polar surface area (TPSA) is 55.0 Å². The molecule has 0 aromatic carbocycles. The fraction of sp³-hybridized carbons (Fsp3) is 0.167. The molecule has 0 saturated heterocycles. The number of nitrogen functional groups attached to an aromatic ring is 1. The Morgan fingerprint density at radius 3 is 2.65 bits per heavy atom. The van der Waals surface area contributed by atoms with E-state index in [4.69, 9.17) is 17.3 Å². The molecule has 17 heavy (non-hydrogen) atoms. The molecule has 2 rings (SSSR count). The maximum absolute atomic E-state index is 5.87. The minimum absolute atomic E-state index is 0.441. The first-order valence-electron chi connectivity index (χ1n) is 5.19. The lowest BCUT2D eigenvalue weighted by molar-refractivity contribution is 0.897. The molecule has 0 fully saturated rings. The highest BCUT2D eigenvalue weighted by Gasteiger charge is 2.08. The number of rotatable bonds is 3. The van der Waals surface area contributed by atoms with Crippen LogP contribution >= 0.6 is 11.6 Å². The number of anilines is 2. The standard InChI is InChI=1S/C12H13ClN4/c1-17(8-9-4-6-15-7-5-9)12-10(14)2-3-11(13)16-12/h2-7H,8,14H2,1H3. The summed E-state index contributed by atoms with van der Waals surface area (Å²) in [5.41, 5.74) is 7.63. The second kappa shape index (κ2) is 5.01. The molecular weight excluding hydrogens is 236 g/mol. The van der Waals surface area contributed by atoms with Crippen molar-refractivity contribution >= 4 is 23.1 Å². The summed E-state index contributed by atoms with van der Waals surface area (Å²) in [6.45, 7) is 0.708. The van der Waals surface area contributed by atoms with Gasteiger partial charge in [-0.25, -0.2) is 4.98 Å². The first-order chi connectivity index (χ1) is 8.16. The van der Waals surface area contributed by atoms with Crippen LogP contribution < -0.4 is 10.6 Å². The van der Waals surface area contributed by atoms with E-state index in [1.165, 1.54) is 0 Å². The lowest BCUT2D eigenvalue weighted by Crippen LogP contribution is -2.19.